The zero-order valence-corrected chi connectivity index (χ0v) is 5.48. The van der Waals surface area contributed by atoms with Crippen LogP contribution in [0, 0.1) is 0 Å². The molecule has 0 saturated carbocycles. The maximum absolute atomic E-state index is 10.7. The lowest BCUT2D eigenvalue weighted by atomic mass is 10.3. The van der Waals surface area contributed by atoms with Crippen molar-refractivity contribution in [1.29, 1.82) is 0 Å². The minimum Gasteiger partial charge on any atom is -0.354 e. The summed E-state index contributed by atoms with van der Waals surface area (Å²) in [6.07, 6.45) is 0.472. The van der Waals surface area contributed by atoms with Gasteiger partial charge in [0.05, 0.1) is 13.0 Å². The predicted octanol–water partition coefficient (Wildman–Crippen LogP) is -0.0328. The molecule has 1 aliphatic rings. The third-order valence-electron chi connectivity index (χ3n) is 1.23. The first-order valence-corrected chi connectivity index (χ1v) is 3.05. The van der Waals surface area contributed by atoms with Gasteiger partial charge in [0.2, 0.25) is 5.91 Å². The van der Waals surface area contributed by atoms with E-state index in [0.29, 0.717) is 13.0 Å². The van der Waals surface area contributed by atoms with Crippen molar-refractivity contribution >= 4 is 11.6 Å². The van der Waals surface area contributed by atoms with Crippen LogP contribution in [0.5, 0.6) is 0 Å². The highest BCUT2D eigenvalue weighted by molar-refractivity contribution is 6.00. The topological polar surface area (TPSA) is 41.5 Å². The van der Waals surface area contributed by atoms with Crippen LogP contribution in [0.3, 0.4) is 0 Å². The van der Waals surface area contributed by atoms with E-state index < -0.39 is 0 Å². The molecule has 1 aliphatic heterocycles. The van der Waals surface area contributed by atoms with E-state index >= 15 is 0 Å². The van der Waals surface area contributed by atoms with Gasteiger partial charge in [-0.25, -0.2) is 0 Å². The van der Waals surface area contributed by atoms with E-state index in [9.17, 15) is 4.79 Å². The summed E-state index contributed by atoms with van der Waals surface area (Å²) in [5, 5.41) is 2.72. The Bertz CT molecular complexity index is 151. The van der Waals surface area contributed by atoms with Gasteiger partial charge < -0.3 is 5.32 Å². The second-order valence-electron chi connectivity index (χ2n) is 2.14. The molecule has 3 heteroatoms. The van der Waals surface area contributed by atoms with E-state index in [4.69, 9.17) is 0 Å². The van der Waals surface area contributed by atoms with Crippen molar-refractivity contribution in [3.8, 4) is 0 Å². The Kier molecular flexibility index (Phi) is 1.82. The molecule has 0 aromatic rings. The van der Waals surface area contributed by atoms with Crippen molar-refractivity contribution in [2.24, 2.45) is 4.99 Å². The van der Waals surface area contributed by atoms with Crippen LogP contribution in [0.15, 0.2) is 4.99 Å². The van der Waals surface area contributed by atoms with Crippen LogP contribution < -0.4 is 5.32 Å². The van der Waals surface area contributed by atoms with Gasteiger partial charge in [-0.2, -0.15) is 0 Å². The Morgan fingerprint density at radius 1 is 1.67 bits per heavy atom. The molecule has 3 nitrogen and oxygen atoms in total. The van der Waals surface area contributed by atoms with Crippen molar-refractivity contribution in [2.75, 3.05) is 13.1 Å². The molecular formula is C6H10N2O. The molecule has 0 unspecified atom stereocenters. The van der Waals surface area contributed by atoms with Gasteiger partial charge >= 0.3 is 0 Å². The molecule has 50 valence electrons. The third-order valence-corrected chi connectivity index (χ3v) is 1.23. The molecular weight excluding hydrogens is 116 g/mol. The van der Waals surface area contributed by atoms with E-state index in [1.54, 1.807) is 0 Å². The second-order valence-corrected chi connectivity index (χ2v) is 2.14. The quantitative estimate of drug-likeness (QED) is 0.486. The van der Waals surface area contributed by atoms with Gasteiger partial charge in [-0.05, 0) is 6.92 Å². The number of aliphatic imine (C=N–C) groups is 1. The van der Waals surface area contributed by atoms with Gasteiger partial charge in [0.25, 0.3) is 0 Å². The second kappa shape index (κ2) is 2.62. The van der Waals surface area contributed by atoms with Crippen LogP contribution in [0.1, 0.15) is 13.3 Å². The van der Waals surface area contributed by atoms with Crippen molar-refractivity contribution in [2.45, 2.75) is 13.3 Å². The van der Waals surface area contributed by atoms with Crippen molar-refractivity contribution in [1.82, 2.24) is 5.32 Å². The third kappa shape index (κ3) is 1.83. The number of hydrogen-bond donors (Lipinski definition) is 1. The zero-order valence-electron chi connectivity index (χ0n) is 5.48. The Morgan fingerprint density at radius 3 is 3.22 bits per heavy atom. The lowest BCUT2D eigenvalue weighted by Gasteiger charge is -1.94. The Balaban J connectivity index is 2.54. The molecule has 0 atom stereocenters. The first-order valence-electron chi connectivity index (χ1n) is 3.05. The fraction of sp³-hybridized carbons (Fsp3) is 0.667. The van der Waals surface area contributed by atoms with Crippen LogP contribution in [-0.4, -0.2) is 24.7 Å². The van der Waals surface area contributed by atoms with Gasteiger partial charge in [0.15, 0.2) is 0 Å². The number of rotatable bonds is 0. The van der Waals surface area contributed by atoms with Gasteiger partial charge in [-0.1, -0.05) is 0 Å². The fourth-order valence-corrected chi connectivity index (χ4v) is 0.793. The molecule has 1 N–H and O–H groups in total. The number of nitrogens with one attached hydrogen (secondary N) is 1. The predicted molar refractivity (Wildman–Crippen MR) is 35.6 cm³/mol. The fourth-order valence-electron chi connectivity index (χ4n) is 0.793. The Labute approximate surface area is 54.2 Å². The lowest BCUT2D eigenvalue weighted by Crippen LogP contribution is -2.24. The molecule has 0 spiro atoms. The molecule has 0 radical (unpaired) electrons. The number of carbonyl (C=O) groups is 1. The molecule has 1 amide bonds. The minimum absolute atomic E-state index is 0.0914. The summed E-state index contributed by atoms with van der Waals surface area (Å²) in [4.78, 5) is 14.8. The summed E-state index contributed by atoms with van der Waals surface area (Å²) in [6.45, 7) is 3.30. The molecule has 9 heavy (non-hydrogen) atoms. The molecule has 0 bridgehead atoms. The highest BCUT2D eigenvalue weighted by Gasteiger charge is 2.04. The first kappa shape index (κ1) is 6.26. The average molecular weight is 126 g/mol. The first-order chi connectivity index (χ1) is 4.29. The summed E-state index contributed by atoms with van der Waals surface area (Å²) < 4.78 is 0. The minimum atomic E-state index is 0.0914. The van der Waals surface area contributed by atoms with Crippen molar-refractivity contribution in [3.63, 3.8) is 0 Å². The molecule has 1 heterocycles. The number of carbonyl (C=O) groups excluding carboxylic acids is 1. The maximum atomic E-state index is 10.7. The highest BCUT2D eigenvalue weighted by Crippen LogP contribution is 1.90. The van der Waals surface area contributed by atoms with Gasteiger partial charge in [0.1, 0.15) is 0 Å². The number of nitrogens with zero attached hydrogens (tertiary/aromatic N) is 1. The smallest absolute Gasteiger partial charge is 0.225 e. The van der Waals surface area contributed by atoms with Crippen LogP contribution >= 0.6 is 0 Å². The maximum Gasteiger partial charge on any atom is 0.225 e. The van der Waals surface area contributed by atoms with Crippen LogP contribution in [0.25, 0.3) is 0 Å². The lowest BCUT2D eigenvalue weighted by molar-refractivity contribution is -0.119. The SMILES string of the molecule is CC1=NCCNC(=O)C1. The molecule has 0 aromatic carbocycles. The van der Waals surface area contributed by atoms with E-state index in [-0.39, 0.29) is 5.91 Å². The molecule has 0 saturated heterocycles. The number of hydrogen-bond acceptors (Lipinski definition) is 2. The molecule has 0 fully saturated rings. The van der Waals surface area contributed by atoms with Gasteiger partial charge in [0, 0.05) is 12.3 Å². The molecule has 1 rings (SSSR count). The summed E-state index contributed by atoms with van der Waals surface area (Å²) in [7, 11) is 0. The Hall–Kier alpha value is -0.860. The summed E-state index contributed by atoms with van der Waals surface area (Å²) in [5.41, 5.74) is 0.935. The zero-order chi connectivity index (χ0) is 6.69. The van der Waals surface area contributed by atoms with Crippen LogP contribution in [0.2, 0.25) is 0 Å². The van der Waals surface area contributed by atoms with Crippen LogP contribution in [-0.2, 0) is 4.79 Å². The normalized spacial score (nSPS) is 20.1. The standard InChI is InChI=1S/C6H10N2O/c1-5-4-6(9)8-3-2-7-5/h2-4H2,1H3,(H,8,9). The van der Waals surface area contributed by atoms with Gasteiger partial charge in [-0.15, -0.1) is 0 Å². The van der Waals surface area contributed by atoms with Gasteiger partial charge in [-0.3, -0.25) is 9.79 Å². The average Bonchev–Trinajstić information content (AvgIpc) is 1.93. The van der Waals surface area contributed by atoms with E-state index in [1.165, 1.54) is 0 Å². The summed E-state index contributed by atoms with van der Waals surface area (Å²) >= 11 is 0. The monoisotopic (exact) mass is 126 g/mol. The van der Waals surface area contributed by atoms with Crippen LogP contribution in [0.4, 0.5) is 0 Å². The van der Waals surface area contributed by atoms with E-state index in [0.717, 1.165) is 12.3 Å². The largest absolute Gasteiger partial charge is 0.354 e. The molecule has 0 aromatic heterocycles. The highest BCUT2D eigenvalue weighted by atomic mass is 16.1. The van der Waals surface area contributed by atoms with Crippen molar-refractivity contribution < 1.29 is 4.79 Å². The number of amides is 1. The summed E-state index contributed by atoms with van der Waals surface area (Å²) in [5.74, 6) is 0.0914. The Morgan fingerprint density at radius 2 is 2.44 bits per heavy atom. The van der Waals surface area contributed by atoms with E-state index in [1.807, 2.05) is 6.92 Å². The van der Waals surface area contributed by atoms with Crippen molar-refractivity contribution in [3.05, 3.63) is 0 Å². The summed E-state index contributed by atoms with van der Waals surface area (Å²) in [6, 6.07) is 0. The van der Waals surface area contributed by atoms with E-state index in [2.05, 4.69) is 10.3 Å². The molecule has 0 aliphatic carbocycles.